The van der Waals surface area contributed by atoms with Gasteiger partial charge in [0.05, 0.1) is 11.1 Å². The number of nitrogens with one attached hydrogen (secondary N) is 1. The number of hydrogen-bond acceptors (Lipinski definition) is 6. The van der Waals surface area contributed by atoms with Crippen LogP contribution in [0.5, 0.6) is 0 Å². The van der Waals surface area contributed by atoms with Gasteiger partial charge >= 0.3 is 0 Å². The molecule has 0 saturated carbocycles. The molecule has 3 N–H and O–H groups in total. The smallest absolute Gasteiger partial charge is 0.147 e. The maximum atomic E-state index is 5.48. The number of nitrogens with zero attached hydrogens (tertiary/aromatic N) is 4. The van der Waals surface area contributed by atoms with Crippen LogP contribution in [-0.4, -0.2) is 19.7 Å². The fourth-order valence-electron chi connectivity index (χ4n) is 1.65. The van der Waals surface area contributed by atoms with E-state index in [4.69, 9.17) is 5.84 Å². The summed E-state index contributed by atoms with van der Waals surface area (Å²) in [6.07, 6.45) is 7.20. The first-order valence-corrected chi connectivity index (χ1v) is 6.53. The highest BCUT2D eigenvalue weighted by Gasteiger charge is 2.12. The Morgan fingerprint density at radius 2 is 2.28 bits per heavy atom. The van der Waals surface area contributed by atoms with Crippen molar-refractivity contribution in [1.82, 2.24) is 19.7 Å². The zero-order valence-corrected chi connectivity index (χ0v) is 11.2. The van der Waals surface area contributed by atoms with Crippen molar-refractivity contribution in [2.75, 3.05) is 5.43 Å². The minimum Gasteiger partial charge on any atom is -0.308 e. The Bertz CT molecular complexity index is 524. The topological polar surface area (TPSA) is 81.7 Å². The third kappa shape index (κ3) is 2.80. The van der Waals surface area contributed by atoms with E-state index < -0.39 is 0 Å². The highest BCUT2D eigenvalue weighted by Crippen LogP contribution is 2.31. The van der Waals surface area contributed by atoms with Crippen molar-refractivity contribution < 1.29 is 0 Å². The molecule has 2 aromatic rings. The van der Waals surface area contributed by atoms with Crippen LogP contribution in [-0.2, 0) is 13.5 Å². The summed E-state index contributed by atoms with van der Waals surface area (Å²) >= 11 is 1.57. The van der Waals surface area contributed by atoms with Crippen LogP contribution in [0.3, 0.4) is 0 Å². The molecular weight excluding hydrogens is 248 g/mol. The second-order valence-corrected chi connectivity index (χ2v) is 4.91. The van der Waals surface area contributed by atoms with Gasteiger partial charge in [-0.3, -0.25) is 4.68 Å². The van der Waals surface area contributed by atoms with Crippen LogP contribution in [0, 0.1) is 0 Å². The fourth-order valence-corrected chi connectivity index (χ4v) is 2.60. The van der Waals surface area contributed by atoms with Crippen molar-refractivity contribution in [2.45, 2.75) is 29.7 Å². The van der Waals surface area contributed by atoms with Gasteiger partial charge in [0.1, 0.15) is 17.2 Å². The first kappa shape index (κ1) is 12.8. The minimum absolute atomic E-state index is 0.693. The number of hydrazine groups is 1. The van der Waals surface area contributed by atoms with Gasteiger partial charge in [0, 0.05) is 18.8 Å². The summed E-state index contributed by atoms with van der Waals surface area (Å²) in [5.41, 5.74) is 3.68. The van der Waals surface area contributed by atoms with E-state index in [-0.39, 0.29) is 0 Å². The molecule has 7 heteroatoms. The van der Waals surface area contributed by atoms with Crippen LogP contribution >= 0.6 is 11.8 Å². The molecule has 0 radical (unpaired) electrons. The SMILES string of the molecule is CCCc1c(NN)ncnc1Sc1cnn(C)c1. The largest absolute Gasteiger partial charge is 0.308 e. The lowest BCUT2D eigenvalue weighted by atomic mass is 10.2. The van der Waals surface area contributed by atoms with Crippen molar-refractivity contribution >= 4 is 17.6 Å². The van der Waals surface area contributed by atoms with Crippen LogP contribution in [0.4, 0.5) is 5.82 Å². The summed E-state index contributed by atoms with van der Waals surface area (Å²) in [5.74, 6) is 6.17. The predicted octanol–water partition coefficient (Wildman–Crippen LogP) is 1.60. The number of aromatic nitrogens is 4. The zero-order chi connectivity index (χ0) is 13.0. The molecule has 0 fully saturated rings. The number of nitrogens with two attached hydrogens (primary N) is 1. The molecule has 0 aliphatic carbocycles. The number of anilines is 1. The molecule has 0 aromatic carbocycles. The third-order valence-electron chi connectivity index (χ3n) is 2.44. The van der Waals surface area contributed by atoms with Crippen molar-refractivity contribution in [3.63, 3.8) is 0 Å². The lowest BCUT2D eigenvalue weighted by Gasteiger charge is -2.10. The van der Waals surface area contributed by atoms with Gasteiger partial charge in [0.25, 0.3) is 0 Å². The van der Waals surface area contributed by atoms with E-state index in [1.807, 2.05) is 19.4 Å². The van der Waals surface area contributed by atoms with Gasteiger partial charge in [-0.25, -0.2) is 15.8 Å². The van der Waals surface area contributed by atoms with E-state index in [2.05, 4.69) is 27.4 Å². The first-order valence-electron chi connectivity index (χ1n) is 5.71. The van der Waals surface area contributed by atoms with Crippen molar-refractivity contribution in [2.24, 2.45) is 12.9 Å². The van der Waals surface area contributed by atoms with Gasteiger partial charge in [-0.1, -0.05) is 25.1 Å². The highest BCUT2D eigenvalue weighted by atomic mass is 32.2. The molecule has 2 rings (SSSR count). The van der Waals surface area contributed by atoms with E-state index >= 15 is 0 Å². The summed E-state index contributed by atoms with van der Waals surface area (Å²) < 4.78 is 1.77. The second kappa shape index (κ2) is 5.83. The number of nitrogen functional groups attached to an aromatic ring is 1. The van der Waals surface area contributed by atoms with Gasteiger partial charge in [-0.05, 0) is 6.42 Å². The quantitative estimate of drug-likeness (QED) is 0.485. The Balaban J connectivity index is 2.31. The molecule has 2 heterocycles. The molecule has 0 bridgehead atoms. The highest BCUT2D eigenvalue weighted by molar-refractivity contribution is 7.99. The molecule has 0 unspecified atom stereocenters. The normalized spacial score (nSPS) is 10.6. The summed E-state index contributed by atoms with van der Waals surface area (Å²) in [7, 11) is 1.89. The monoisotopic (exact) mass is 264 g/mol. The summed E-state index contributed by atoms with van der Waals surface area (Å²) in [4.78, 5) is 9.52. The molecule has 0 amide bonds. The van der Waals surface area contributed by atoms with E-state index in [0.29, 0.717) is 5.82 Å². The van der Waals surface area contributed by atoms with Crippen LogP contribution in [0.2, 0.25) is 0 Å². The predicted molar refractivity (Wildman–Crippen MR) is 71.2 cm³/mol. The lowest BCUT2D eigenvalue weighted by molar-refractivity contribution is 0.766. The second-order valence-electron chi connectivity index (χ2n) is 3.85. The van der Waals surface area contributed by atoms with Crippen LogP contribution in [0.25, 0.3) is 0 Å². The summed E-state index contributed by atoms with van der Waals surface area (Å²) in [6, 6.07) is 0. The molecule has 0 spiro atoms. The van der Waals surface area contributed by atoms with Crippen LogP contribution in [0.15, 0.2) is 28.6 Å². The maximum Gasteiger partial charge on any atom is 0.147 e. The molecule has 0 aliphatic heterocycles. The third-order valence-corrected chi connectivity index (χ3v) is 3.43. The Hall–Kier alpha value is -1.60. The van der Waals surface area contributed by atoms with E-state index in [1.54, 1.807) is 16.4 Å². The first-order chi connectivity index (χ1) is 8.74. The molecular formula is C11H16N6S. The average Bonchev–Trinajstić information content (AvgIpc) is 2.77. The van der Waals surface area contributed by atoms with Crippen molar-refractivity contribution in [3.05, 3.63) is 24.3 Å². The van der Waals surface area contributed by atoms with Crippen molar-refractivity contribution in [1.29, 1.82) is 0 Å². The van der Waals surface area contributed by atoms with Gasteiger partial charge in [-0.2, -0.15) is 5.10 Å². The molecule has 0 atom stereocenters. The molecule has 6 nitrogen and oxygen atoms in total. The average molecular weight is 264 g/mol. The lowest BCUT2D eigenvalue weighted by Crippen LogP contribution is -2.12. The summed E-state index contributed by atoms with van der Waals surface area (Å²) in [6.45, 7) is 2.12. The Labute approximate surface area is 110 Å². The maximum absolute atomic E-state index is 5.48. The number of aryl methyl sites for hydroxylation is 1. The molecule has 96 valence electrons. The minimum atomic E-state index is 0.693. The number of hydrogen-bond donors (Lipinski definition) is 2. The zero-order valence-electron chi connectivity index (χ0n) is 10.4. The van der Waals surface area contributed by atoms with Gasteiger partial charge in [0.2, 0.25) is 0 Å². The molecule has 0 aliphatic rings. The Kier molecular flexibility index (Phi) is 4.16. The van der Waals surface area contributed by atoms with Crippen molar-refractivity contribution in [3.8, 4) is 0 Å². The fraction of sp³-hybridized carbons (Fsp3) is 0.364. The summed E-state index contributed by atoms with van der Waals surface area (Å²) in [5, 5.41) is 5.07. The number of rotatable bonds is 5. The van der Waals surface area contributed by atoms with Crippen LogP contribution < -0.4 is 11.3 Å². The van der Waals surface area contributed by atoms with E-state index in [9.17, 15) is 0 Å². The van der Waals surface area contributed by atoms with Gasteiger partial charge in [0.15, 0.2) is 0 Å². The Morgan fingerprint density at radius 3 is 2.89 bits per heavy atom. The van der Waals surface area contributed by atoms with Gasteiger partial charge < -0.3 is 5.43 Å². The Morgan fingerprint density at radius 1 is 1.44 bits per heavy atom. The standard InChI is InChI=1S/C11H16N6S/c1-3-4-9-10(16-12)13-7-14-11(9)18-8-5-15-17(2)6-8/h5-7H,3-4,12H2,1-2H3,(H,13,14,16). The molecule has 0 saturated heterocycles. The molecule has 18 heavy (non-hydrogen) atoms. The van der Waals surface area contributed by atoms with Crippen LogP contribution in [0.1, 0.15) is 18.9 Å². The van der Waals surface area contributed by atoms with E-state index in [0.717, 1.165) is 28.3 Å². The van der Waals surface area contributed by atoms with E-state index in [1.165, 1.54) is 6.33 Å². The molecule has 2 aromatic heterocycles. The van der Waals surface area contributed by atoms with Gasteiger partial charge in [-0.15, -0.1) is 0 Å².